The van der Waals surface area contributed by atoms with Crippen LogP contribution in [0.15, 0.2) is 34.4 Å². The van der Waals surface area contributed by atoms with Gasteiger partial charge in [0.15, 0.2) is 12.1 Å². The second-order valence-corrected chi connectivity index (χ2v) is 2.54. The quantitative estimate of drug-likeness (QED) is 0.451. The van der Waals surface area contributed by atoms with Crippen molar-refractivity contribution in [1.82, 2.24) is 0 Å². The predicted molar refractivity (Wildman–Crippen MR) is 52.8 cm³/mol. The average Bonchev–Trinajstić information content (AvgIpc) is 2.12. The molecule has 0 aliphatic heterocycles. The lowest BCUT2D eigenvalue weighted by Crippen LogP contribution is -2.04. The Morgan fingerprint density at radius 1 is 1.57 bits per heavy atom. The number of benzene rings is 1. The first-order valence-corrected chi connectivity index (χ1v) is 3.93. The molecule has 0 bridgehead atoms. The lowest BCUT2D eigenvalue weighted by molar-refractivity contribution is 0.341. The van der Waals surface area contributed by atoms with Crippen LogP contribution in [0, 0.1) is 5.82 Å². The minimum atomic E-state index is -0.379. The van der Waals surface area contributed by atoms with Crippen molar-refractivity contribution >= 4 is 12.2 Å². The smallest absolute Gasteiger partial charge is 0.160 e. The molecule has 0 aromatic heterocycles. The zero-order valence-electron chi connectivity index (χ0n) is 7.64. The van der Waals surface area contributed by atoms with E-state index in [0.29, 0.717) is 11.6 Å². The summed E-state index contributed by atoms with van der Waals surface area (Å²) in [6.07, 6.45) is 1.15. The summed E-state index contributed by atoms with van der Waals surface area (Å²) in [6.45, 7) is 1.62. The third kappa shape index (κ3) is 3.66. The molecule has 0 fully saturated rings. The maximum absolute atomic E-state index is 12.6. The molecule has 0 saturated heterocycles. The van der Waals surface area contributed by atoms with Crippen molar-refractivity contribution < 1.29 is 9.23 Å². The molecule has 0 aliphatic rings. The van der Waals surface area contributed by atoms with Gasteiger partial charge in [0.25, 0.3) is 0 Å². The summed E-state index contributed by atoms with van der Waals surface area (Å²) in [5.74, 6) is 0.305. The lowest BCUT2D eigenvalue weighted by Gasteiger charge is -1.95. The van der Waals surface area contributed by atoms with Crippen LogP contribution in [0.25, 0.3) is 0 Å². The van der Waals surface area contributed by atoms with Gasteiger partial charge in [-0.15, -0.1) is 0 Å². The molecule has 0 atom stereocenters. The summed E-state index contributed by atoms with van der Waals surface area (Å²) in [7, 11) is 0. The third-order valence-corrected chi connectivity index (χ3v) is 1.26. The predicted octanol–water partition coefficient (Wildman–Crippen LogP) is 1.52. The van der Waals surface area contributed by atoms with Gasteiger partial charge in [-0.05, 0) is 19.1 Å². The van der Waals surface area contributed by atoms with Crippen molar-refractivity contribution in [2.24, 2.45) is 15.9 Å². The summed E-state index contributed by atoms with van der Waals surface area (Å²) < 4.78 is 12.6. The SMILES string of the molecule is CC(N)=N/C=N\Oc1cccc(F)c1. The van der Waals surface area contributed by atoms with Crippen LogP contribution >= 0.6 is 0 Å². The highest BCUT2D eigenvalue weighted by Crippen LogP contribution is 2.11. The van der Waals surface area contributed by atoms with E-state index in [-0.39, 0.29) is 5.82 Å². The lowest BCUT2D eigenvalue weighted by atomic mass is 10.3. The molecule has 1 aromatic rings. The van der Waals surface area contributed by atoms with E-state index < -0.39 is 0 Å². The van der Waals surface area contributed by atoms with E-state index in [4.69, 9.17) is 10.6 Å². The number of hydrogen-bond donors (Lipinski definition) is 1. The molecular formula is C9H10FN3O. The Labute approximate surface area is 80.9 Å². The summed E-state index contributed by atoms with van der Waals surface area (Å²) in [5, 5.41) is 3.46. The van der Waals surface area contributed by atoms with Gasteiger partial charge in [0.1, 0.15) is 5.82 Å². The number of nitrogens with zero attached hydrogens (tertiary/aromatic N) is 2. The topological polar surface area (TPSA) is 60.0 Å². The molecule has 0 radical (unpaired) electrons. The second kappa shape index (κ2) is 4.96. The maximum atomic E-state index is 12.6. The van der Waals surface area contributed by atoms with Crippen molar-refractivity contribution in [2.45, 2.75) is 6.92 Å². The minimum Gasteiger partial charge on any atom is -0.387 e. The van der Waals surface area contributed by atoms with Gasteiger partial charge in [0, 0.05) is 6.07 Å². The molecule has 4 nitrogen and oxygen atoms in total. The third-order valence-electron chi connectivity index (χ3n) is 1.26. The fourth-order valence-electron chi connectivity index (χ4n) is 0.723. The largest absolute Gasteiger partial charge is 0.387 e. The van der Waals surface area contributed by atoms with Gasteiger partial charge in [-0.2, -0.15) is 0 Å². The number of oxime groups is 1. The molecule has 0 aliphatic carbocycles. The van der Waals surface area contributed by atoms with E-state index in [1.165, 1.54) is 18.2 Å². The first-order chi connectivity index (χ1) is 6.68. The zero-order chi connectivity index (χ0) is 10.4. The van der Waals surface area contributed by atoms with Crippen molar-refractivity contribution in [3.63, 3.8) is 0 Å². The van der Waals surface area contributed by atoms with E-state index in [2.05, 4.69) is 10.1 Å². The van der Waals surface area contributed by atoms with Crippen LogP contribution in [0.3, 0.4) is 0 Å². The summed E-state index contributed by atoms with van der Waals surface area (Å²) in [5.41, 5.74) is 5.24. The fraction of sp³-hybridized carbons (Fsp3) is 0.111. The van der Waals surface area contributed by atoms with Crippen LogP contribution in [0.5, 0.6) is 5.75 Å². The Bertz CT molecular complexity index is 359. The Kier molecular flexibility index (Phi) is 3.60. The van der Waals surface area contributed by atoms with Crippen molar-refractivity contribution in [1.29, 1.82) is 0 Å². The van der Waals surface area contributed by atoms with Crippen LogP contribution in [-0.2, 0) is 0 Å². The molecule has 1 rings (SSSR count). The fourth-order valence-corrected chi connectivity index (χ4v) is 0.723. The molecule has 14 heavy (non-hydrogen) atoms. The zero-order valence-corrected chi connectivity index (χ0v) is 7.64. The van der Waals surface area contributed by atoms with Gasteiger partial charge in [0.05, 0.1) is 5.84 Å². The van der Waals surface area contributed by atoms with Crippen molar-refractivity contribution in [3.05, 3.63) is 30.1 Å². The Morgan fingerprint density at radius 2 is 2.36 bits per heavy atom. The normalized spacial score (nSPS) is 12.0. The van der Waals surface area contributed by atoms with Gasteiger partial charge in [0.2, 0.25) is 0 Å². The van der Waals surface area contributed by atoms with E-state index in [9.17, 15) is 4.39 Å². The molecule has 74 valence electrons. The highest BCUT2D eigenvalue weighted by atomic mass is 19.1. The van der Waals surface area contributed by atoms with Gasteiger partial charge in [-0.1, -0.05) is 11.2 Å². The van der Waals surface area contributed by atoms with Crippen LogP contribution in [-0.4, -0.2) is 12.2 Å². The molecule has 0 heterocycles. The molecule has 2 N–H and O–H groups in total. The van der Waals surface area contributed by atoms with Crippen LogP contribution < -0.4 is 10.6 Å². The highest BCUT2D eigenvalue weighted by molar-refractivity contribution is 5.85. The second-order valence-electron chi connectivity index (χ2n) is 2.54. The van der Waals surface area contributed by atoms with E-state index >= 15 is 0 Å². The number of amidine groups is 1. The summed E-state index contributed by atoms with van der Waals surface area (Å²) >= 11 is 0. The molecule has 1 aromatic carbocycles. The van der Waals surface area contributed by atoms with Crippen LogP contribution in [0.1, 0.15) is 6.92 Å². The number of nitrogens with two attached hydrogens (primary N) is 1. The van der Waals surface area contributed by atoms with Crippen LogP contribution in [0.4, 0.5) is 4.39 Å². The van der Waals surface area contributed by atoms with Crippen molar-refractivity contribution in [2.75, 3.05) is 0 Å². The number of halogens is 1. The summed E-state index contributed by atoms with van der Waals surface area (Å²) in [4.78, 5) is 8.45. The molecule has 0 amide bonds. The van der Waals surface area contributed by atoms with Crippen LogP contribution in [0.2, 0.25) is 0 Å². The Morgan fingerprint density at radius 3 is 3.00 bits per heavy atom. The van der Waals surface area contributed by atoms with Gasteiger partial charge in [-0.25, -0.2) is 9.38 Å². The average molecular weight is 195 g/mol. The number of hydrogen-bond acceptors (Lipinski definition) is 2. The molecular weight excluding hydrogens is 185 g/mol. The molecule has 0 saturated carbocycles. The molecule has 5 heteroatoms. The molecule has 0 spiro atoms. The first-order valence-electron chi connectivity index (χ1n) is 3.93. The van der Waals surface area contributed by atoms with Crippen molar-refractivity contribution in [3.8, 4) is 5.75 Å². The summed E-state index contributed by atoms with van der Waals surface area (Å²) in [6, 6.07) is 5.65. The number of rotatable bonds is 3. The van der Waals surface area contributed by atoms with E-state index in [0.717, 1.165) is 6.34 Å². The Hall–Kier alpha value is -1.91. The minimum absolute atomic E-state index is 0.311. The first kappa shape index (κ1) is 10.2. The Balaban J connectivity index is 2.54. The monoisotopic (exact) mass is 195 g/mol. The standard InChI is InChI=1S/C9H10FN3O/c1-7(11)12-6-13-14-9-4-2-3-8(10)5-9/h2-6H,1H3,(H2,11,12,13). The molecule has 0 unspecified atom stereocenters. The van der Waals surface area contributed by atoms with E-state index in [1.54, 1.807) is 13.0 Å². The van der Waals surface area contributed by atoms with Gasteiger partial charge < -0.3 is 10.6 Å². The van der Waals surface area contributed by atoms with Gasteiger partial charge >= 0.3 is 0 Å². The highest BCUT2D eigenvalue weighted by Gasteiger charge is 1.93. The maximum Gasteiger partial charge on any atom is 0.160 e. The van der Waals surface area contributed by atoms with Gasteiger partial charge in [-0.3, -0.25) is 0 Å². The number of aliphatic imine (C=N–C) groups is 1. The van der Waals surface area contributed by atoms with E-state index in [1.807, 2.05) is 0 Å².